The van der Waals surface area contributed by atoms with E-state index in [1.807, 2.05) is 98.3 Å². The molecule has 0 aliphatic carbocycles. The van der Waals surface area contributed by atoms with Gasteiger partial charge in [0.25, 0.3) is 0 Å². The summed E-state index contributed by atoms with van der Waals surface area (Å²) in [5.41, 5.74) is 22.0. The number of rotatable bonds is 6. The predicted octanol–water partition coefficient (Wildman–Crippen LogP) is 23.6. The first-order valence-corrected chi connectivity index (χ1v) is 30.7. The van der Waals surface area contributed by atoms with Crippen LogP contribution in [0.5, 0.6) is 0 Å². The molecule has 3 nitrogen and oxygen atoms in total. The van der Waals surface area contributed by atoms with Crippen LogP contribution in [0.3, 0.4) is 0 Å². The van der Waals surface area contributed by atoms with Crippen LogP contribution >= 0.6 is 0 Å². The summed E-state index contributed by atoms with van der Waals surface area (Å²) in [6, 6.07) is 114. The Morgan fingerprint density at radius 3 is 1.31 bits per heavy atom. The van der Waals surface area contributed by atoms with Crippen LogP contribution in [-0.2, 0) is 0 Å². The van der Waals surface area contributed by atoms with E-state index in [0.29, 0.717) is 0 Å². The molecule has 15 rings (SSSR count). The highest BCUT2D eigenvalue weighted by Crippen LogP contribution is 2.32. The van der Waals surface area contributed by atoms with Crippen molar-refractivity contribution in [1.29, 1.82) is 0 Å². The van der Waals surface area contributed by atoms with Crippen LogP contribution in [0.25, 0.3) is 99.5 Å². The maximum atomic E-state index is 4.35. The van der Waals surface area contributed by atoms with Gasteiger partial charge >= 0.3 is 0 Å². The van der Waals surface area contributed by atoms with E-state index < -0.39 is 0 Å². The van der Waals surface area contributed by atoms with E-state index in [1.165, 1.54) is 116 Å². The standard InChI is InChI=1S/3C17H14.3C12H11N/c1-13-9-11-15(12-10-13)17-8-4-6-14-5-2-3-7-16(14)17;1-13-11-12-16(14-7-3-2-4-8-14)17-10-6-5-9-15(13)17;1-13-6-8-15(9-7-13)17-11-10-14-4-2-3-5-16(14)12-17;1-10-6-5-9-13-12(10)11-7-3-2-4-8-11;1-10-7-8-13-12(9-10)11-5-3-2-4-6-11;1-10-7-8-12(13-9-10)11-5-3-2-4-6-11/h3*2-12H,1H3;3*2-9H,1H3. The Labute approximate surface area is 532 Å². The molecule has 90 heavy (non-hydrogen) atoms. The van der Waals surface area contributed by atoms with Crippen LogP contribution in [0, 0.1) is 41.5 Å². The van der Waals surface area contributed by atoms with E-state index >= 15 is 0 Å². The Morgan fingerprint density at radius 2 is 0.700 bits per heavy atom. The number of hydrogen-bond donors (Lipinski definition) is 0. The third-order valence-electron chi connectivity index (χ3n) is 15.5. The van der Waals surface area contributed by atoms with Gasteiger partial charge in [-0.05, 0) is 160 Å². The summed E-state index contributed by atoms with van der Waals surface area (Å²) < 4.78 is 0. The molecule has 3 aromatic heterocycles. The summed E-state index contributed by atoms with van der Waals surface area (Å²) in [5.74, 6) is 0. The first kappa shape index (κ1) is 61.9. The Hall–Kier alpha value is -11.1. The SMILES string of the molecule is Cc1ccc(-c2ccc3ccccc3c2)cc1.Cc1ccc(-c2cccc3ccccc23)cc1.Cc1ccc(-c2ccccc2)c2ccccc12.Cc1ccc(-c2ccccc2)nc1.Cc1cccnc1-c1ccccc1.Cc1ccnc(-c2ccccc2)c1. The highest BCUT2D eigenvalue weighted by molar-refractivity contribution is 5.99. The van der Waals surface area contributed by atoms with E-state index in [-0.39, 0.29) is 0 Å². The molecule has 0 radical (unpaired) electrons. The van der Waals surface area contributed by atoms with Crippen molar-refractivity contribution in [1.82, 2.24) is 15.0 Å². The largest absolute Gasteiger partial charge is 0.256 e. The molecule has 0 aliphatic rings. The summed E-state index contributed by atoms with van der Waals surface area (Å²) in [4.78, 5) is 13.0. The first-order chi connectivity index (χ1) is 44.1. The van der Waals surface area contributed by atoms with Gasteiger partial charge in [0.1, 0.15) is 0 Å². The summed E-state index contributed by atoms with van der Waals surface area (Å²) in [6.07, 6.45) is 5.56. The summed E-state index contributed by atoms with van der Waals surface area (Å²) in [6.45, 7) is 12.6. The molecule has 12 aromatic carbocycles. The molecule has 0 unspecified atom stereocenters. The van der Waals surface area contributed by atoms with Crippen LogP contribution in [0.15, 0.2) is 346 Å². The average Bonchev–Trinajstić information content (AvgIpc) is 1.13. The van der Waals surface area contributed by atoms with Crippen LogP contribution in [0.1, 0.15) is 33.4 Å². The van der Waals surface area contributed by atoms with Crippen LogP contribution in [0.4, 0.5) is 0 Å². The predicted molar refractivity (Wildman–Crippen MR) is 386 cm³/mol. The number of pyridine rings is 3. The zero-order valence-electron chi connectivity index (χ0n) is 52.3. The summed E-state index contributed by atoms with van der Waals surface area (Å²) in [5, 5.41) is 7.88. The number of hydrogen-bond acceptors (Lipinski definition) is 3. The Kier molecular flexibility index (Phi) is 21.7. The van der Waals surface area contributed by atoms with Gasteiger partial charge in [-0.25, -0.2) is 0 Å². The van der Waals surface area contributed by atoms with E-state index in [9.17, 15) is 0 Å². The number of fused-ring (bicyclic) bond motifs is 3. The fourth-order valence-electron chi connectivity index (χ4n) is 10.6. The first-order valence-electron chi connectivity index (χ1n) is 30.7. The van der Waals surface area contributed by atoms with Crippen molar-refractivity contribution in [2.75, 3.05) is 0 Å². The topological polar surface area (TPSA) is 38.7 Å². The van der Waals surface area contributed by atoms with E-state index in [0.717, 1.165) is 17.1 Å². The second kappa shape index (κ2) is 31.5. The van der Waals surface area contributed by atoms with Crippen molar-refractivity contribution in [2.24, 2.45) is 0 Å². The zero-order valence-corrected chi connectivity index (χ0v) is 52.3. The lowest BCUT2D eigenvalue weighted by Crippen LogP contribution is -1.85. The highest BCUT2D eigenvalue weighted by Gasteiger charge is 2.07. The lowest BCUT2D eigenvalue weighted by atomic mass is 9.96. The van der Waals surface area contributed by atoms with Gasteiger partial charge in [0, 0.05) is 35.3 Å². The molecule has 0 bridgehead atoms. The Balaban J connectivity index is 0.000000119. The third kappa shape index (κ3) is 17.1. The normalized spacial score (nSPS) is 10.3. The van der Waals surface area contributed by atoms with Crippen molar-refractivity contribution < 1.29 is 0 Å². The molecule has 0 N–H and O–H groups in total. The number of nitrogens with zero attached hydrogens (tertiary/aromatic N) is 3. The van der Waals surface area contributed by atoms with Gasteiger partial charge in [-0.3, -0.25) is 15.0 Å². The molecule has 3 heteroatoms. The molecule has 0 spiro atoms. The summed E-state index contributed by atoms with van der Waals surface area (Å²) >= 11 is 0. The van der Waals surface area contributed by atoms with Crippen molar-refractivity contribution in [2.45, 2.75) is 41.5 Å². The fourth-order valence-corrected chi connectivity index (χ4v) is 10.6. The fraction of sp³-hybridized carbons (Fsp3) is 0.0690. The van der Waals surface area contributed by atoms with Gasteiger partial charge in [-0.2, -0.15) is 0 Å². The van der Waals surface area contributed by atoms with Crippen molar-refractivity contribution in [3.63, 3.8) is 0 Å². The third-order valence-corrected chi connectivity index (χ3v) is 15.5. The van der Waals surface area contributed by atoms with Gasteiger partial charge in [-0.1, -0.05) is 308 Å². The molecular weight excluding hydrogens is 1090 g/mol. The molecule has 0 saturated heterocycles. The van der Waals surface area contributed by atoms with E-state index in [1.54, 1.807) is 0 Å². The minimum absolute atomic E-state index is 1.03. The average molecular weight is 1160 g/mol. The van der Waals surface area contributed by atoms with Crippen LogP contribution < -0.4 is 0 Å². The molecule has 0 atom stereocenters. The second-order valence-corrected chi connectivity index (χ2v) is 22.4. The lowest BCUT2D eigenvalue weighted by Gasteiger charge is -2.09. The maximum Gasteiger partial charge on any atom is 0.0731 e. The van der Waals surface area contributed by atoms with Gasteiger partial charge in [0.05, 0.1) is 17.1 Å². The Bertz CT molecular complexity index is 4650. The molecular formula is C87H75N3. The molecule has 0 amide bonds. The molecule has 15 aromatic rings. The molecule has 438 valence electrons. The summed E-state index contributed by atoms with van der Waals surface area (Å²) in [7, 11) is 0. The van der Waals surface area contributed by atoms with Crippen LogP contribution in [0.2, 0.25) is 0 Å². The molecule has 0 saturated carbocycles. The molecule has 3 heterocycles. The van der Waals surface area contributed by atoms with Crippen molar-refractivity contribution in [3.05, 3.63) is 380 Å². The minimum Gasteiger partial charge on any atom is -0.256 e. The van der Waals surface area contributed by atoms with Gasteiger partial charge in [0.15, 0.2) is 0 Å². The van der Waals surface area contributed by atoms with Gasteiger partial charge < -0.3 is 0 Å². The lowest BCUT2D eigenvalue weighted by molar-refractivity contribution is 1.27. The van der Waals surface area contributed by atoms with Crippen molar-refractivity contribution in [3.8, 4) is 67.2 Å². The molecule has 0 fully saturated rings. The quantitative estimate of drug-likeness (QED) is 0.167. The highest BCUT2D eigenvalue weighted by atomic mass is 14.7. The van der Waals surface area contributed by atoms with E-state index in [4.69, 9.17) is 0 Å². The minimum atomic E-state index is 1.03. The maximum absolute atomic E-state index is 4.35. The number of aryl methyl sites for hydroxylation is 6. The second-order valence-electron chi connectivity index (χ2n) is 22.4. The smallest absolute Gasteiger partial charge is 0.0731 e. The van der Waals surface area contributed by atoms with Crippen LogP contribution in [-0.4, -0.2) is 15.0 Å². The van der Waals surface area contributed by atoms with Crippen molar-refractivity contribution >= 4 is 32.3 Å². The molecule has 0 aliphatic heterocycles. The zero-order chi connectivity index (χ0) is 62.3. The Morgan fingerprint density at radius 1 is 0.211 bits per heavy atom. The van der Waals surface area contributed by atoms with Gasteiger partial charge in [0.2, 0.25) is 0 Å². The monoisotopic (exact) mass is 1160 g/mol. The number of aromatic nitrogens is 3. The number of benzene rings is 12. The van der Waals surface area contributed by atoms with Gasteiger partial charge in [-0.15, -0.1) is 0 Å². The van der Waals surface area contributed by atoms with E-state index in [2.05, 4.69) is 304 Å².